The van der Waals surface area contributed by atoms with Gasteiger partial charge in [0.25, 0.3) is 0 Å². The minimum absolute atomic E-state index is 0.0692. The molecule has 3 nitrogen and oxygen atoms in total. The maximum atomic E-state index is 12.5. The van der Waals surface area contributed by atoms with Crippen LogP contribution in [-0.2, 0) is 9.47 Å². The van der Waals surface area contributed by atoms with E-state index in [0.29, 0.717) is 26.4 Å². The summed E-state index contributed by atoms with van der Waals surface area (Å²) in [6.45, 7) is 4.70. The van der Waals surface area contributed by atoms with Crippen LogP contribution < -0.4 is 5.32 Å². The number of hydrogen-bond acceptors (Lipinski definition) is 3. The van der Waals surface area contributed by atoms with E-state index in [-0.39, 0.29) is 24.0 Å². The first-order valence-corrected chi connectivity index (χ1v) is 7.96. The third kappa shape index (κ3) is 5.11. The molecule has 2 unspecified atom stereocenters. The number of hydrogen-bond donors (Lipinski definition) is 1. The Balaban J connectivity index is 1.95. The van der Waals surface area contributed by atoms with Gasteiger partial charge >= 0.3 is 6.18 Å². The van der Waals surface area contributed by atoms with Crippen molar-refractivity contribution in [3.63, 3.8) is 0 Å². The molecule has 0 amide bonds. The summed E-state index contributed by atoms with van der Waals surface area (Å²) >= 11 is 0. The van der Waals surface area contributed by atoms with Crippen LogP contribution in [0.2, 0.25) is 0 Å². The van der Waals surface area contributed by atoms with Gasteiger partial charge in [-0.05, 0) is 44.6 Å². The predicted molar refractivity (Wildman–Crippen MR) is 74.2 cm³/mol. The fraction of sp³-hybridized carbons (Fsp3) is 1.00. The lowest BCUT2D eigenvalue weighted by molar-refractivity contribution is -0.154. The lowest BCUT2D eigenvalue weighted by Crippen LogP contribution is -2.49. The van der Waals surface area contributed by atoms with Crippen molar-refractivity contribution in [2.45, 2.75) is 63.3 Å². The van der Waals surface area contributed by atoms with Gasteiger partial charge in [0.1, 0.15) is 0 Å². The molecule has 0 saturated carbocycles. The van der Waals surface area contributed by atoms with Crippen molar-refractivity contribution in [2.24, 2.45) is 5.92 Å². The highest BCUT2D eigenvalue weighted by Crippen LogP contribution is 2.39. The fourth-order valence-electron chi connectivity index (χ4n) is 3.59. The molecule has 1 spiro atoms. The normalized spacial score (nSPS) is 27.7. The van der Waals surface area contributed by atoms with Crippen LogP contribution in [0, 0.1) is 5.92 Å². The Kier molecular flexibility index (Phi) is 5.91. The summed E-state index contributed by atoms with van der Waals surface area (Å²) in [6.07, 6.45) is -1.20. The van der Waals surface area contributed by atoms with Crippen molar-refractivity contribution in [1.29, 1.82) is 0 Å². The topological polar surface area (TPSA) is 30.5 Å². The van der Waals surface area contributed by atoms with Crippen LogP contribution in [0.15, 0.2) is 0 Å². The molecule has 0 aromatic carbocycles. The van der Waals surface area contributed by atoms with Gasteiger partial charge in [-0.3, -0.25) is 0 Å². The molecule has 124 valence electrons. The summed E-state index contributed by atoms with van der Waals surface area (Å²) in [7, 11) is 0. The number of rotatable bonds is 5. The van der Waals surface area contributed by atoms with Gasteiger partial charge in [-0.15, -0.1) is 0 Å². The molecule has 21 heavy (non-hydrogen) atoms. The molecular formula is C15H26F3NO2. The lowest BCUT2D eigenvalue weighted by Gasteiger charge is -2.45. The number of nitrogens with one attached hydrogen (secondary N) is 1. The second-order valence-corrected chi connectivity index (χ2v) is 6.21. The van der Waals surface area contributed by atoms with Crippen LogP contribution >= 0.6 is 0 Å². The van der Waals surface area contributed by atoms with Crippen LogP contribution in [0.3, 0.4) is 0 Å². The first-order chi connectivity index (χ1) is 9.94. The number of halogens is 3. The molecule has 0 aromatic rings. The van der Waals surface area contributed by atoms with E-state index in [2.05, 4.69) is 5.32 Å². The Hall–Kier alpha value is -0.330. The summed E-state index contributed by atoms with van der Waals surface area (Å²) in [4.78, 5) is 0. The van der Waals surface area contributed by atoms with E-state index < -0.39 is 12.6 Å². The summed E-state index contributed by atoms with van der Waals surface area (Å²) in [6, 6.07) is -0.0692. The Labute approximate surface area is 124 Å². The Morgan fingerprint density at radius 2 is 1.95 bits per heavy atom. The predicted octanol–water partition coefficient (Wildman–Crippen LogP) is 3.28. The Morgan fingerprint density at radius 3 is 2.57 bits per heavy atom. The van der Waals surface area contributed by atoms with E-state index in [1.165, 1.54) is 0 Å². The first-order valence-electron chi connectivity index (χ1n) is 7.96. The van der Waals surface area contributed by atoms with E-state index in [4.69, 9.17) is 9.47 Å². The van der Waals surface area contributed by atoms with Crippen molar-refractivity contribution < 1.29 is 22.6 Å². The fourth-order valence-corrected chi connectivity index (χ4v) is 3.59. The monoisotopic (exact) mass is 309 g/mol. The van der Waals surface area contributed by atoms with E-state index >= 15 is 0 Å². The molecule has 2 aliphatic heterocycles. The van der Waals surface area contributed by atoms with E-state index in [1.54, 1.807) is 0 Å². The highest BCUT2D eigenvalue weighted by atomic mass is 19.4. The zero-order chi connectivity index (χ0) is 15.3. The Bertz CT molecular complexity index is 311. The van der Waals surface area contributed by atoms with Crippen molar-refractivity contribution in [3.05, 3.63) is 0 Å². The second kappa shape index (κ2) is 7.29. The lowest BCUT2D eigenvalue weighted by atomic mass is 9.77. The van der Waals surface area contributed by atoms with Gasteiger partial charge in [0.05, 0.1) is 5.60 Å². The molecule has 2 fully saturated rings. The van der Waals surface area contributed by atoms with Gasteiger partial charge in [0, 0.05) is 32.3 Å². The zero-order valence-electron chi connectivity index (χ0n) is 12.7. The molecule has 0 aliphatic carbocycles. The van der Waals surface area contributed by atoms with Crippen LogP contribution in [0.25, 0.3) is 0 Å². The van der Waals surface area contributed by atoms with Crippen LogP contribution in [-0.4, -0.2) is 44.2 Å². The van der Waals surface area contributed by atoms with Gasteiger partial charge in [-0.25, -0.2) is 0 Å². The molecule has 2 atom stereocenters. The first kappa shape index (κ1) is 17.0. The molecule has 0 aromatic heterocycles. The van der Waals surface area contributed by atoms with Gasteiger partial charge in [0.15, 0.2) is 0 Å². The third-order valence-corrected chi connectivity index (χ3v) is 4.71. The molecule has 2 rings (SSSR count). The molecule has 2 heterocycles. The summed E-state index contributed by atoms with van der Waals surface area (Å²) in [5.74, 6) is 0.263. The molecule has 6 heteroatoms. The average molecular weight is 309 g/mol. The maximum absolute atomic E-state index is 12.5. The summed E-state index contributed by atoms with van der Waals surface area (Å²) in [5.41, 5.74) is -0.160. The molecule has 1 N–H and O–H groups in total. The summed E-state index contributed by atoms with van der Waals surface area (Å²) < 4.78 is 48.9. The minimum atomic E-state index is -4.07. The average Bonchev–Trinajstić information content (AvgIpc) is 2.43. The highest BCUT2D eigenvalue weighted by molar-refractivity contribution is 4.92. The van der Waals surface area contributed by atoms with Gasteiger partial charge in [-0.1, -0.05) is 6.92 Å². The van der Waals surface area contributed by atoms with Gasteiger partial charge in [-0.2, -0.15) is 13.2 Å². The van der Waals surface area contributed by atoms with Crippen LogP contribution in [0.4, 0.5) is 13.2 Å². The van der Waals surface area contributed by atoms with Crippen molar-refractivity contribution in [3.8, 4) is 0 Å². The SMILES string of the molecule is CCNC(CCC(F)(F)F)C1CCOC2(CCOCC2)C1. The van der Waals surface area contributed by atoms with Crippen LogP contribution in [0.5, 0.6) is 0 Å². The quantitative estimate of drug-likeness (QED) is 0.845. The standard InChI is InChI=1S/C15H26F3NO2/c1-2-19-13(3-5-15(16,17)18)12-4-8-21-14(11-12)6-9-20-10-7-14/h12-13,19H,2-11H2,1H3. The number of alkyl halides is 3. The van der Waals surface area contributed by atoms with Crippen molar-refractivity contribution in [2.75, 3.05) is 26.4 Å². The van der Waals surface area contributed by atoms with Gasteiger partial charge < -0.3 is 14.8 Å². The Morgan fingerprint density at radius 1 is 1.24 bits per heavy atom. The summed E-state index contributed by atoms with van der Waals surface area (Å²) in [5, 5.41) is 3.26. The molecular weight excluding hydrogens is 283 g/mol. The molecule has 0 radical (unpaired) electrons. The third-order valence-electron chi connectivity index (χ3n) is 4.71. The van der Waals surface area contributed by atoms with E-state index in [1.807, 2.05) is 6.92 Å². The molecule has 0 bridgehead atoms. The van der Waals surface area contributed by atoms with Crippen molar-refractivity contribution in [1.82, 2.24) is 5.32 Å². The largest absolute Gasteiger partial charge is 0.389 e. The second-order valence-electron chi connectivity index (χ2n) is 6.21. The highest BCUT2D eigenvalue weighted by Gasteiger charge is 2.41. The zero-order valence-corrected chi connectivity index (χ0v) is 12.7. The number of ether oxygens (including phenoxy) is 2. The molecule has 2 saturated heterocycles. The van der Waals surface area contributed by atoms with E-state index in [0.717, 1.165) is 25.7 Å². The van der Waals surface area contributed by atoms with Gasteiger partial charge in [0.2, 0.25) is 0 Å². The molecule has 2 aliphatic rings. The maximum Gasteiger partial charge on any atom is 0.389 e. The smallest absolute Gasteiger partial charge is 0.381 e. The van der Waals surface area contributed by atoms with E-state index in [9.17, 15) is 13.2 Å². The van der Waals surface area contributed by atoms with Crippen LogP contribution in [0.1, 0.15) is 45.4 Å². The van der Waals surface area contributed by atoms with Crippen molar-refractivity contribution >= 4 is 0 Å². The minimum Gasteiger partial charge on any atom is -0.381 e.